The number of nitrogens with zero attached hydrogens (tertiary/aromatic N) is 6. The van der Waals surface area contributed by atoms with Crippen LogP contribution in [0.5, 0.6) is 0 Å². The molecule has 4 aromatic rings. The van der Waals surface area contributed by atoms with Crippen LogP contribution in [0.15, 0.2) is 65.8 Å². The van der Waals surface area contributed by atoms with Crippen molar-refractivity contribution in [3.63, 3.8) is 0 Å². The fourth-order valence-corrected chi connectivity index (χ4v) is 3.01. The Morgan fingerprint density at radius 2 is 2.00 bits per heavy atom. The van der Waals surface area contributed by atoms with Crippen LogP contribution in [0.3, 0.4) is 0 Å². The summed E-state index contributed by atoms with van der Waals surface area (Å²) in [6.45, 7) is 1.78. The number of carbonyl (C=O) groups excluding carboxylic acids is 1. The Balaban J connectivity index is 1.53. The number of carbonyl (C=O) groups is 1. The van der Waals surface area contributed by atoms with Crippen molar-refractivity contribution < 1.29 is 9.53 Å². The minimum absolute atomic E-state index is 0.119. The van der Waals surface area contributed by atoms with Crippen LogP contribution >= 0.6 is 0 Å². The number of pyridine rings is 1. The first-order valence-corrected chi connectivity index (χ1v) is 9.02. The number of rotatable bonds is 6. The van der Waals surface area contributed by atoms with Crippen LogP contribution in [0.25, 0.3) is 5.65 Å². The molecule has 0 saturated carbocycles. The van der Waals surface area contributed by atoms with Crippen LogP contribution in [0.1, 0.15) is 22.9 Å². The summed E-state index contributed by atoms with van der Waals surface area (Å²) < 4.78 is 8.27. The second kappa shape index (κ2) is 8.01. The van der Waals surface area contributed by atoms with Crippen LogP contribution in [0, 0.1) is 6.92 Å². The van der Waals surface area contributed by atoms with E-state index in [1.54, 1.807) is 12.3 Å². The zero-order valence-electron chi connectivity index (χ0n) is 15.7. The maximum Gasteiger partial charge on any atom is 0.331 e. The quantitative estimate of drug-likeness (QED) is 0.460. The molecule has 1 unspecified atom stereocenters. The van der Waals surface area contributed by atoms with Gasteiger partial charge in [0, 0.05) is 18.7 Å². The molecule has 9 heteroatoms. The highest BCUT2D eigenvalue weighted by Gasteiger charge is 2.24. The summed E-state index contributed by atoms with van der Waals surface area (Å²) in [4.78, 5) is 29.5. The zero-order chi connectivity index (χ0) is 20.2. The van der Waals surface area contributed by atoms with Crippen molar-refractivity contribution in [1.29, 1.82) is 0 Å². The zero-order valence-corrected chi connectivity index (χ0v) is 15.7. The maximum absolute atomic E-state index is 12.8. The minimum Gasteiger partial charge on any atom is -0.458 e. The lowest BCUT2D eigenvalue weighted by molar-refractivity contribution is -0.149. The smallest absolute Gasteiger partial charge is 0.331 e. The molecule has 1 atom stereocenters. The number of fused-ring (bicyclic) bond motifs is 1. The lowest BCUT2D eigenvalue weighted by Crippen LogP contribution is -2.25. The largest absolute Gasteiger partial charge is 0.458 e. The average molecular weight is 390 g/mol. The summed E-state index contributed by atoms with van der Waals surface area (Å²) in [6.07, 6.45) is 3.46. The van der Waals surface area contributed by atoms with Gasteiger partial charge in [-0.05, 0) is 34.5 Å². The molecule has 0 saturated heterocycles. The van der Waals surface area contributed by atoms with Gasteiger partial charge in [0.25, 0.3) is 5.56 Å². The van der Waals surface area contributed by atoms with Crippen LogP contribution in [-0.4, -0.2) is 35.6 Å². The molecule has 146 valence electrons. The lowest BCUT2D eigenvalue weighted by Gasteiger charge is -2.15. The molecule has 0 radical (unpaired) electrons. The summed E-state index contributed by atoms with van der Waals surface area (Å²) in [5, 5.41) is 11.1. The first kappa shape index (κ1) is 18.5. The van der Waals surface area contributed by atoms with Crippen molar-refractivity contribution in [2.45, 2.75) is 26.0 Å². The number of hydrogen-bond donors (Lipinski definition) is 0. The average Bonchev–Trinajstić information content (AvgIpc) is 3.26. The van der Waals surface area contributed by atoms with E-state index in [0.717, 1.165) is 11.1 Å². The minimum atomic E-state index is -0.725. The molecule has 0 fully saturated rings. The molecule has 0 N–H and O–H groups in total. The molecule has 9 nitrogen and oxygen atoms in total. The highest BCUT2D eigenvalue weighted by molar-refractivity contribution is 5.74. The van der Waals surface area contributed by atoms with Crippen LogP contribution in [-0.2, 0) is 22.6 Å². The molecule has 0 spiro atoms. The van der Waals surface area contributed by atoms with Gasteiger partial charge in [-0.3, -0.25) is 9.20 Å². The van der Waals surface area contributed by atoms with Crippen LogP contribution in [0.4, 0.5) is 0 Å². The third-order valence-electron chi connectivity index (χ3n) is 4.45. The number of aromatic nitrogens is 6. The molecule has 4 rings (SSSR count). The summed E-state index contributed by atoms with van der Waals surface area (Å²) >= 11 is 0. The molecule has 0 aliphatic heterocycles. The second-order valence-electron chi connectivity index (χ2n) is 6.62. The standard InChI is InChI=1S/C20H18N6O3/c1-14-7-8-18-22-16(10-19(27)25(18)11-14)12-29-20(28)17(26-13-21-23-24-26)9-15-5-3-2-4-6-15/h2-8,10-11,13,17H,9,12H2,1H3. The van der Waals surface area contributed by atoms with E-state index < -0.39 is 12.0 Å². The van der Waals surface area contributed by atoms with Crippen molar-refractivity contribution in [2.24, 2.45) is 0 Å². The predicted octanol–water partition coefficient (Wildman–Crippen LogP) is 1.52. The number of benzene rings is 1. The van der Waals surface area contributed by atoms with Gasteiger partial charge in [-0.25, -0.2) is 14.5 Å². The molecule has 1 aromatic carbocycles. The SMILES string of the molecule is Cc1ccc2nc(COC(=O)C(Cc3ccccc3)n3cnnn3)cc(=O)n2c1. The maximum atomic E-state index is 12.8. The topological polar surface area (TPSA) is 104 Å². The van der Waals surface area contributed by atoms with Gasteiger partial charge in [0.1, 0.15) is 18.6 Å². The van der Waals surface area contributed by atoms with Crippen LogP contribution < -0.4 is 5.56 Å². The van der Waals surface area contributed by atoms with Crippen molar-refractivity contribution in [3.05, 3.63) is 88.2 Å². The summed E-state index contributed by atoms with van der Waals surface area (Å²) in [6, 6.07) is 13.8. The molecule has 0 aliphatic carbocycles. The Morgan fingerprint density at radius 1 is 1.17 bits per heavy atom. The first-order chi connectivity index (χ1) is 14.1. The van der Waals surface area contributed by atoms with E-state index in [0.29, 0.717) is 17.8 Å². The molecular formula is C20H18N6O3. The Kier molecular flexibility index (Phi) is 5.10. The Labute approximate surface area is 165 Å². The van der Waals surface area contributed by atoms with Crippen molar-refractivity contribution in [2.75, 3.05) is 0 Å². The van der Waals surface area contributed by atoms with Gasteiger partial charge in [0.05, 0.1) is 5.69 Å². The van der Waals surface area contributed by atoms with E-state index in [2.05, 4.69) is 20.5 Å². The van der Waals surface area contributed by atoms with Gasteiger partial charge >= 0.3 is 5.97 Å². The molecule has 0 amide bonds. The third-order valence-corrected chi connectivity index (χ3v) is 4.45. The van der Waals surface area contributed by atoms with Gasteiger partial charge in [-0.1, -0.05) is 36.4 Å². The van der Waals surface area contributed by atoms with E-state index in [4.69, 9.17) is 4.74 Å². The van der Waals surface area contributed by atoms with Crippen molar-refractivity contribution in [3.8, 4) is 0 Å². The molecule has 29 heavy (non-hydrogen) atoms. The van der Waals surface area contributed by atoms with Gasteiger partial charge < -0.3 is 4.74 Å². The van der Waals surface area contributed by atoms with Gasteiger partial charge in [-0.15, -0.1) is 5.10 Å². The van der Waals surface area contributed by atoms with Crippen molar-refractivity contribution in [1.82, 2.24) is 29.6 Å². The molecule has 0 aliphatic rings. The van der Waals surface area contributed by atoms with Gasteiger partial charge in [0.15, 0.2) is 6.04 Å². The number of ether oxygens (including phenoxy) is 1. The number of aryl methyl sites for hydroxylation is 1. The van der Waals surface area contributed by atoms with E-state index in [1.165, 1.54) is 21.5 Å². The number of hydrogen-bond acceptors (Lipinski definition) is 7. The van der Waals surface area contributed by atoms with Crippen molar-refractivity contribution >= 4 is 11.6 Å². The third kappa shape index (κ3) is 4.18. The fourth-order valence-electron chi connectivity index (χ4n) is 3.01. The number of tetrazole rings is 1. The summed E-state index contributed by atoms with van der Waals surface area (Å²) in [5.74, 6) is -0.507. The molecule has 0 bridgehead atoms. The summed E-state index contributed by atoms with van der Waals surface area (Å²) in [5.41, 5.74) is 2.54. The molecule has 3 aromatic heterocycles. The monoisotopic (exact) mass is 390 g/mol. The Hall–Kier alpha value is -3.88. The van der Waals surface area contributed by atoms with E-state index in [1.807, 2.05) is 43.3 Å². The molecular weight excluding hydrogens is 372 g/mol. The molecule has 3 heterocycles. The predicted molar refractivity (Wildman–Crippen MR) is 103 cm³/mol. The first-order valence-electron chi connectivity index (χ1n) is 9.02. The van der Waals surface area contributed by atoms with Gasteiger partial charge in [0.2, 0.25) is 0 Å². The van der Waals surface area contributed by atoms with Crippen LogP contribution in [0.2, 0.25) is 0 Å². The van der Waals surface area contributed by atoms with E-state index >= 15 is 0 Å². The Morgan fingerprint density at radius 3 is 2.76 bits per heavy atom. The van der Waals surface area contributed by atoms with Gasteiger partial charge in [-0.2, -0.15) is 0 Å². The fraction of sp³-hybridized carbons (Fsp3) is 0.200. The number of esters is 1. The highest BCUT2D eigenvalue weighted by Crippen LogP contribution is 2.15. The van der Waals surface area contributed by atoms with E-state index in [-0.39, 0.29) is 12.2 Å². The Bertz CT molecular complexity index is 1190. The highest BCUT2D eigenvalue weighted by atomic mass is 16.5. The normalized spacial score (nSPS) is 12.0. The van der Waals surface area contributed by atoms with E-state index in [9.17, 15) is 9.59 Å². The summed E-state index contributed by atoms with van der Waals surface area (Å²) in [7, 11) is 0. The second-order valence-corrected chi connectivity index (χ2v) is 6.62. The lowest BCUT2D eigenvalue weighted by atomic mass is 10.1.